The summed E-state index contributed by atoms with van der Waals surface area (Å²) < 4.78 is 1.96. The minimum atomic E-state index is -0.330. The predicted molar refractivity (Wildman–Crippen MR) is 163 cm³/mol. The van der Waals surface area contributed by atoms with E-state index in [9.17, 15) is 10.1 Å². The molecular formula is C33H42N8O. The molecule has 1 amide bonds. The third-order valence-corrected chi connectivity index (χ3v) is 9.83. The second kappa shape index (κ2) is 10.8. The summed E-state index contributed by atoms with van der Waals surface area (Å²) in [5, 5.41) is 28.2. The lowest BCUT2D eigenvalue weighted by molar-refractivity contribution is 0.102. The van der Waals surface area contributed by atoms with Crippen LogP contribution in [0.3, 0.4) is 0 Å². The summed E-state index contributed by atoms with van der Waals surface area (Å²) in [6.45, 7) is 9.19. The number of anilines is 2. The molecular weight excluding hydrogens is 524 g/mol. The molecule has 2 fully saturated rings. The lowest BCUT2D eigenvalue weighted by atomic mass is 9.57. The first-order valence-corrected chi connectivity index (χ1v) is 15.2. The van der Waals surface area contributed by atoms with Crippen molar-refractivity contribution in [3.63, 3.8) is 0 Å². The fourth-order valence-corrected chi connectivity index (χ4v) is 7.39. The lowest BCUT2D eigenvalue weighted by Crippen LogP contribution is -2.44. The van der Waals surface area contributed by atoms with Crippen LogP contribution in [0.5, 0.6) is 0 Å². The third kappa shape index (κ3) is 5.17. The zero-order chi connectivity index (χ0) is 29.5. The third-order valence-electron chi connectivity index (χ3n) is 9.83. The van der Waals surface area contributed by atoms with Crippen molar-refractivity contribution in [1.29, 1.82) is 5.26 Å². The van der Waals surface area contributed by atoms with Gasteiger partial charge in [-0.15, -0.1) is 10.2 Å². The van der Waals surface area contributed by atoms with Crippen LogP contribution >= 0.6 is 0 Å². The van der Waals surface area contributed by atoms with E-state index >= 15 is 0 Å². The van der Waals surface area contributed by atoms with Gasteiger partial charge in [-0.05, 0) is 66.3 Å². The van der Waals surface area contributed by atoms with E-state index in [4.69, 9.17) is 4.98 Å². The molecule has 0 atom stereocenters. The van der Waals surface area contributed by atoms with Gasteiger partial charge in [-0.25, -0.2) is 4.98 Å². The van der Waals surface area contributed by atoms with Gasteiger partial charge in [0.25, 0.3) is 5.91 Å². The molecule has 2 aromatic heterocycles. The number of nitriles is 1. The number of aryl methyl sites for hydroxylation is 1. The Morgan fingerprint density at radius 1 is 1.19 bits per heavy atom. The van der Waals surface area contributed by atoms with E-state index < -0.39 is 0 Å². The summed E-state index contributed by atoms with van der Waals surface area (Å²) in [5.74, 6) is 0.991. The Labute approximate surface area is 248 Å². The normalized spacial score (nSPS) is 23.5. The highest BCUT2D eigenvalue weighted by atomic mass is 16.1. The highest BCUT2D eigenvalue weighted by Crippen LogP contribution is 2.53. The first-order chi connectivity index (χ1) is 20.1. The average Bonchev–Trinajstić information content (AvgIpc) is 3.65. The largest absolute Gasteiger partial charge is 0.382 e. The first kappa shape index (κ1) is 28.4. The topological polar surface area (TPSA) is 121 Å². The standard InChI is InChI=1S/C33H42N8O/c1-31(2)19-36-27-23(18-35-20-32(3)11-5-6-12-32)14-26(39-28(27)31)29(42)38-25-9-7-8-24(15-25)33(16-22(17-33)10-13-34)30-40-37-21-41(30)4/h7-9,14-15,21-22,35-36H,5-6,10-12,16-20H2,1-4H3,(H,38,42). The van der Waals surface area contributed by atoms with E-state index in [0.29, 0.717) is 30.0 Å². The average molecular weight is 567 g/mol. The van der Waals surface area contributed by atoms with E-state index in [1.165, 1.54) is 25.7 Å². The van der Waals surface area contributed by atoms with E-state index in [1.807, 2.05) is 35.9 Å². The number of rotatable bonds is 9. The van der Waals surface area contributed by atoms with Crippen molar-refractivity contribution in [1.82, 2.24) is 25.1 Å². The second-order valence-electron chi connectivity index (χ2n) is 13.8. The van der Waals surface area contributed by atoms with Gasteiger partial charge in [-0.2, -0.15) is 5.26 Å². The van der Waals surface area contributed by atoms with Crippen molar-refractivity contribution >= 4 is 17.3 Å². The van der Waals surface area contributed by atoms with Gasteiger partial charge in [0.15, 0.2) is 0 Å². The zero-order valence-corrected chi connectivity index (χ0v) is 25.3. The summed E-state index contributed by atoms with van der Waals surface area (Å²) >= 11 is 0. The maximum absolute atomic E-state index is 13.7. The summed E-state index contributed by atoms with van der Waals surface area (Å²) in [7, 11) is 1.96. The highest BCUT2D eigenvalue weighted by Gasteiger charge is 2.49. The number of carbonyl (C=O) groups is 1. The molecule has 0 radical (unpaired) electrons. The molecule has 3 aromatic rings. The second-order valence-corrected chi connectivity index (χ2v) is 13.8. The molecule has 1 aromatic carbocycles. The molecule has 6 rings (SSSR count). The van der Waals surface area contributed by atoms with Gasteiger partial charge >= 0.3 is 0 Å². The number of carbonyl (C=O) groups excluding carboxylic acids is 1. The number of fused-ring (bicyclic) bond motifs is 1. The number of nitrogens with one attached hydrogen (secondary N) is 3. The van der Waals surface area contributed by atoms with Gasteiger partial charge in [0.2, 0.25) is 0 Å². The van der Waals surface area contributed by atoms with Gasteiger partial charge in [0.05, 0.1) is 22.9 Å². The number of hydrogen-bond donors (Lipinski definition) is 3. The Kier molecular flexibility index (Phi) is 7.30. The fourth-order valence-electron chi connectivity index (χ4n) is 7.39. The van der Waals surface area contributed by atoms with Crippen molar-refractivity contribution in [3.8, 4) is 6.07 Å². The summed E-state index contributed by atoms with van der Waals surface area (Å²) in [6, 6.07) is 12.3. The van der Waals surface area contributed by atoms with Gasteiger partial charge < -0.3 is 20.5 Å². The van der Waals surface area contributed by atoms with E-state index in [0.717, 1.165) is 60.0 Å². The Hall–Kier alpha value is -3.77. The maximum atomic E-state index is 13.7. The van der Waals surface area contributed by atoms with Crippen molar-refractivity contribution in [2.24, 2.45) is 18.4 Å². The molecule has 42 heavy (non-hydrogen) atoms. The summed E-state index contributed by atoms with van der Waals surface area (Å²) in [6.07, 6.45) is 9.06. The number of aromatic nitrogens is 4. The van der Waals surface area contributed by atoms with Gasteiger partial charge in [-0.3, -0.25) is 4.79 Å². The van der Waals surface area contributed by atoms with E-state index in [1.54, 1.807) is 6.33 Å². The number of hydrogen-bond acceptors (Lipinski definition) is 7. The van der Waals surface area contributed by atoms with Crippen LogP contribution < -0.4 is 16.0 Å². The molecule has 3 heterocycles. The van der Waals surface area contributed by atoms with Crippen molar-refractivity contribution in [3.05, 3.63) is 65.0 Å². The Morgan fingerprint density at radius 2 is 1.98 bits per heavy atom. The maximum Gasteiger partial charge on any atom is 0.274 e. The van der Waals surface area contributed by atoms with Crippen LogP contribution in [-0.4, -0.2) is 38.7 Å². The number of benzene rings is 1. The van der Waals surface area contributed by atoms with Crippen molar-refractivity contribution in [2.45, 2.75) is 83.1 Å². The molecule has 9 heteroatoms. The Morgan fingerprint density at radius 3 is 2.69 bits per heavy atom. The fraction of sp³-hybridized carbons (Fsp3) is 0.545. The molecule has 0 unspecified atom stereocenters. The van der Waals surface area contributed by atoms with Crippen LogP contribution in [0.15, 0.2) is 36.7 Å². The predicted octanol–water partition coefficient (Wildman–Crippen LogP) is 5.45. The summed E-state index contributed by atoms with van der Waals surface area (Å²) in [5.41, 5.74) is 5.18. The van der Waals surface area contributed by atoms with Crippen LogP contribution in [0, 0.1) is 22.7 Å². The van der Waals surface area contributed by atoms with Crippen LogP contribution in [0.25, 0.3) is 0 Å². The Bertz CT molecular complexity index is 1520. The zero-order valence-electron chi connectivity index (χ0n) is 25.3. The Balaban J connectivity index is 1.25. The number of amides is 1. The molecule has 2 saturated carbocycles. The minimum absolute atomic E-state index is 0.162. The van der Waals surface area contributed by atoms with Crippen LogP contribution in [0.1, 0.15) is 98.9 Å². The number of pyridine rings is 1. The van der Waals surface area contributed by atoms with Gasteiger partial charge in [-0.1, -0.05) is 45.7 Å². The summed E-state index contributed by atoms with van der Waals surface area (Å²) in [4.78, 5) is 18.6. The molecule has 0 spiro atoms. The molecule has 0 saturated heterocycles. The molecule has 9 nitrogen and oxygen atoms in total. The molecule has 3 aliphatic rings. The quantitative estimate of drug-likeness (QED) is 0.315. The first-order valence-electron chi connectivity index (χ1n) is 15.2. The van der Waals surface area contributed by atoms with E-state index in [2.05, 4.69) is 59.1 Å². The van der Waals surface area contributed by atoms with Gasteiger partial charge in [0.1, 0.15) is 17.8 Å². The van der Waals surface area contributed by atoms with Crippen molar-refractivity contribution in [2.75, 3.05) is 23.7 Å². The van der Waals surface area contributed by atoms with Crippen LogP contribution in [0.4, 0.5) is 11.4 Å². The SMILES string of the molecule is Cn1cnnc1C1(c2cccc(NC(=O)c3cc(CNCC4(C)CCCC4)c4c(n3)C(C)(C)CN4)c2)CC(CC#N)C1. The highest BCUT2D eigenvalue weighted by molar-refractivity contribution is 6.03. The van der Waals surface area contributed by atoms with Crippen molar-refractivity contribution < 1.29 is 4.79 Å². The molecule has 3 N–H and O–H groups in total. The molecule has 2 aliphatic carbocycles. The van der Waals surface area contributed by atoms with Crippen LogP contribution in [0.2, 0.25) is 0 Å². The number of nitrogens with zero attached hydrogens (tertiary/aromatic N) is 5. The lowest BCUT2D eigenvalue weighted by Gasteiger charge is -2.46. The molecule has 1 aliphatic heterocycles. The minimum Gasteiger partial charge on any atom is -0.382 e. The van der Waals surface area contributed by atoms with E-state index in [-0.39, 0.29) is 16.7 Å². The molecule has 220 valence electrons. The monoisotopic (exact) mass is 566 g/mol. The molecule has 0 bridgehead atoms. The van der Waals surface area contributed by atoms with Crippen LogP contribution in [-0.2, 0) is 24.4 Å². The van der Waals surface area contributed by atoms with Gasteiger partial charge in [0, 0.05) is 44.2 Å². The smallest absolute Gasteiger partial charge is 0.274 e.